The van der Waals surface area contributed by atoms with E-state index < -0.39 is 23.3 Å². The Bertz CT molecular complexity index is 475. The molecule has 1 aromatic carbocycles. The van der Waals surface area contributed by atoms with Gasteiger partial charge >= 0.3 is 6.18 Å². The van der Waals surface area contributed by atoms with E-state index >= 15 is 0 Å². The van der Waals surface area contributed by atoms with Gasteiger partial charge in [0.2, 0.25) is 0 Å². The fraction of sp³-hybridized carbons (Fsp3) is 0.462. The molecule has 0 saturated heterocycles. The van der Waals surface area contributed by atoms with Gasteiger partial charge in [0.05, 0.1) is 12.1 Å². The van der Waals surface area contributed by atoms with Crippen LogP contribution in [0.1, 0.15) is 36.7 Å². The first-order valence-electron chi connectivity index (χ1n) is 5.66. The molecule has 0 saturated carbocycles. The quantitative estimate of drug-likeness (QED) is 0.677. The van der Waals surface area contributed by atoms with Crippen LogP contribution in [-0.4, -0.2) is 17.9 Å². The Morgan fingerprint density at radius 2 is 1.79 bits per heavy atom. The monoisotopic (exact) mass is 277 g/mol. The number of halogens is 4. The summed E-state index contributed by atoms with van der Waals surface area (Å²) in [6.45, 7) is 5.37. The molecule has 1 rings (SSSR count). The van der Waals surface area contributed by atoms with Gasteiger partial charge in [0, 0.05) is 11.1 Å². The predicted molar refractivity (Wildman–Crippen MR) is 63.5 cm³/mol. The van der Waals surface area contributed by atoms with Crippen molar-refractivity contribution in [2.45, 2.75) is 32.5 Å². The number of nitrogens with one attached hydrogen (secondary N) is 1. The molecule has 0 aliphatic heterocycles. The van der Waals surface area contributed by atoms with Gasteiger partial charge in [-0.05, 0) is 39.0 Å². The van der Waals surface area contributed by atoms with E-state index in [-0.39, 0.29) is 17.6 Å². The molecule has 106 valence electrons. The number of alkyl halides is 3. The van der Waals surface area contributed by atoms with E-state index in [1.807, 2.05) is 20.8 Å². The number of hydrogen-bond donors (Lipinski definition) is 1. The van der Waals surface area contributed by atoms with Crippen molar-refractivity contribution in [1.82, 2.24) is 5.32 Å². The van der Waals surface area contributed by atoms with Crippen LogP contribution in [0.3, 0.4) is 0 Å². The minimum absolute atomic E-state index is 0.105. The molecule has 1 N–H and O–H groups in total. The highest BCUT2D eigenvalue weighted by molar-refractivity contribution is 5.97. The average molecular weight is 277 g/mol. The van der Waals surface area contributed by atoms with Crippen LogP contribution in [0.15, 0.2) is 18.2 Å². The second kappa shape index (κ2) is 5.28. The largest absolute Gasteiger partial charge is 0.419 e. The molecule has 0 atom stereocenters. The smallest absolute Gasteiger partial charge is 0.305 e. The number of rotatable bonds is 3. The summed E-state index contributed by atoms with van der Waals surface area (Å²) in [5, 5.41) is 2.87. The van der Waals surface area contributed by atoms with Crippen LogP contribution in [0.4, 0.5) is 17.6 Å². The number of hydrogen-bond acceptors (Lipinski definition) is 2. The lowest BCUT2D eigenvalue weighted by Gasteiger charge is -2.20. The van der Waals surface area contributed by atoms with Crippen LogP contribution >= 0.6 is 0 Å². The minimum Gasteiger partial charge on any atom is -0.305 e. The zero-order valence-corrected chi connectivity index (χ0v) is 10.9. The summed E-state index contributed by atoms with van der Waals surface area (Å²) in [7, 11) is 0. The number of carbonyl (C=O) groups is 1. The van der Waals surface area contributed by atoms with Gasteiger partial charge in [-0.3, -0.25) is 4.79 Å². The van der Waals surface area contributed by atoms with Gasteiger partial charge < -0.3 is 5.32 Å². The fourth-order valence-corrected chi connectivity index (χ4v) is 1.36. The van der Waals surface area contributed by atoms with Crippen molar-refractivity contribution in [3.05, 3.63) is 35.1 Å². The predicted octanol–water partition coefficient (Wildman–Crippen LogP) is 3.42. The highest BCUT2D eigenvalue weighted by Crippen LogP contribution is 2.31. The summed E-state index contributed by atoms with van der Waals surface area (Å²) in [4.78, 5) is 11.7. The van der Waals surface area contributed by atoms with Crippen molar-refractivity contribution in [2.24, 2.45) is 0 Å². The van der Waals surface area contributed by atoms with Gasteiger partial charge in [-0.2, -0.15) is 13.2 Å². The van der Waals surface area contributed by atoms with Crippen LogP contribution in [0.5, 0.6) is 0 Å². The van der Waals surface area contributed by atoms with E-state index in [2.05, 4.69) is 5.32 Å². The standard InChI is InChI=1S/C13H15F4NO/c1-12(2,3)18-7-11(19)8-4-5-10(14)9(6-8)13(15,16)17/h4-6,18H,7H2,1-3H3. The van der Waals surface area contributed by atoms with Crippen LogP contribution < -0.4 is 5.32 Å². The average Bonchev–Trinajstić information content (AvgIpc) is 2.24. The van der Waals surface area contributed by atoms with Crippen LogP contribution in [-0.2, 0) is 6.18 Å². The first-order valence-corrected chi connectivity index (χ1v) is 5.66. The van der Waals surface area contributed by atoms with Gasteiger partial charge in [0.25, 0.3) is 0 Å². The molecular formula is C13H15F4NO. The van der Waals surface area contributed by atoms with E-state index in [1.54, 1.807) is 0 Å². The van der Waals surface area contributed by atoms with Crippen LogP contribution in [0.25, 0.3) is 0 Å². The Hall–Kier alpha value is -1.43. The van der Waals surface area contributed by atoms with E-state index in [1.165, 1.54) is 0 Å². The van der Waals surface area contributed by atoms with Crippen molar-refractivity contribution in [3.63, 3.8) is 0 Å². The molecule has 19 heavy (non-hydrogen) atoms. The normalized spacial score (nSPS) is 12.6. The topological polar surface area (TPSA) is 29.1 Å². The molecule has 0 bridgehead atoms. The molecule has 0 radical (unpaired) electrons. The number of ketones is 1. The molecule has 0 aromatic heterocycles. The molecule has 0 amide bonds. The molecule has 0 fully saturated rings. The highest BCUT2D eigenvalue weighted by Gasteiger charge is 2.34. The second-order valence-electron chi connectivity index (χ2n) is 5.22. The fourth-order valence-electron chi connectivity index (χ4n) is 1.36. The van der Waals surface area contributed by atoms with E-state index in [0.717, 1.165) is 6.07 Å². The molecule has 6 heteroatoms. The molecule has 0 aliphatic rings. The summed E-state index contributed by atoms with van der Waals surface area (Å²) in [5.41, 5.74) is -1.91. The van der Waals surface area contributed by atoms with Gasteiger partial charge in [0.1, 0.15) is 5.82 Å². The number of benzene rings is 1. The summed E-state index contributed by atoms with van der Waals surface area (Å²) < 4.78 is 50.6. The van der Waals surface area contributed by atoms with E-state index in [4.69, 9.17) is 0 Å². The molecule has 1 aromatic rings. The highest BCUT2D eigenvalue weighted by atomic mass is 19.4. The third kappa shape index (κ3) is 4.63. The molecule has 0 heterocycles. The Morgan fingerprint density at radius 3 is 2.26 bits per heavy atom. The van der Waals surface area contributed by atoms with Gasteiger partial charge in [0.15, 0.2) is 5.78 Å². The van der Waals surface area contributed by atoms with Crippen LogP contribution in [0.2, 0.25) is 0 Å². The zero-order valence-electron chi connectivity index (χ0n) is 10.9. The third-order valence-corrected chi connectivity index (χ3v) is 2.37. The number of Topliss-reactive ketones (excluding diaryl/α,β-unsaturated/α-hetero) is 1. The van der Waals surface area contributed by atoms with Crippen molar-refractivity contribution >= 4 is 5.78 Å². The maximum Gasteiger partial charge on any atom is 0.419 e. The molecule has 0 spiro atoms. The molecule has 2 nitrogen and oxygen atoms in total. The summed E-state index contributed by atoms with van der Waals surface area (Å²) in [6.07, 6.45) is -4.81. The zero-order chi connectivity index (χ0) is 14.8. The Kier molecular flexibility index (Phi) is 4.35. The lowest BCUT2D eigenvalue weighted by molar-refractivity contribution is -0.140. The molecular weight excluding hydrogens is 262 g/mol. The Balaban J connectivity index is 2.94. The molecule has 0 unspecified atom stereocenters. The summed E-state index contributed by atoms with van der Waals surface area (Å²) in [5.74, 6) is -1.90. The van der Waals surface area contributed by atoms with E-state index in [9.17, 15) is 22.4 Å². The summed E-state index contributed by atoms with van der Waals surface area (Å²) in [6, 6.07) is 2.26. The van der Waals surface area contributed by atoms with Crippen molar-refractivity contribution in [2.75, 3.05) is 6.54 Å². The second-order valence-corrected chi connectivity index (χ2v) is 5.22. The third-order valence-electron chi connectivity index (χ3n) is 2.37. The Labute approximate surface area is 108 Å². The van der Waals surface area contributed by atoms with Crippen molar-refractivity contribution in [3.8, 4) is 0 Å². The SMILES string of the molecule is CC(C)(C)NCC(=O)c1ccc(F)c(C(F)(F)F)c1. The maximum atomic E-state index is 13.1. The maximum absolute atomic E-state index is 13.1. The summed E-state index contributed by atoms with van der Waals surface area (Å²) >= 11 is 0. The molecule has 0 aliphatic carbocycles. The first-order chi connectivity index (χ1) is 8.50. The van der Waals surface area contributed by atoms with Crippen LogP contribution in [0, 0.1) is 5.82 Å². The minimum atomic E-state index is -4.81. The van der Waals surface area contributed by atoms with Crippen molar-refractivity contribution in [1.29, 1.82) is 0 Å². The van der Waals surface area contributed by atoms with E-state index in [0.29, 0.717) is 12.1 Å². The van der Waals surface area contributed by atoms with Gasteiger partial charge in [-0.25, -0.2) is 4.39 Å². The lowest BCUT2D eigenvalue weighted by Crippen LogP contribution is -2.39. The van der Waals surface area contributed by atoms with Crippen molar-refractivity contribution < 1.29 is 22.4 Å². The Morgan fingerprint density at radius 1 is 1.21 bits per heavy atom. The lowest BCUT2D eigenvalue weighted by atomic mass is 10.0. The first kappa shape index (κ1) is 15.6. The van der Waals surface area contributed by atoms with Gasteiger partial charge in [-0.1, -0.05) is 0 Å². The van der Waals surface area contributed by atoms with Gasteiger partial charge in [-0.15, -0.1) is 0 Å². The number of carbonyl (C=O) groups excluding carboxylic acids is 1.